The summed E-state index contributed by atoms with van der Waals surface area (Å²) in [7, 11) is 0. The third-order valence-electron chi connectivity index (χ3n) is 6.84. The fourth-order valence-electron chi connectivity index (χ4n) is 4.79. The molecule has 2 aliphatic rings. The van der Waals surface area contributed by atoms with Crippen LogP contribution in [0.2, 0.25) is 0 Å². The molecule has 3 N–H and O–H groups in total. The predicted molar refractivity (Wildman–Crippen MR) is 122 cm³/mol. The van der Waals surface area contributed by atoms with Crippen LogP contribution in [-0.2, 0) is 22.6 Å². The highest BCUT2D eigenvalue weighted by Gasteiger charge is 2.29. The van der Waals surface area contributed by atoms with Gasteiger partial charge in [-0.2, -0.15) is 0 Å². The molecule has 2 amide bonds. The summed E-state index contributed by atoms with van der Waals surface area (Å²) in [5.41, 5.74) is 3.67. The van der Waals surface area contributed by atoms with Crippen molar-refractivity contribution in [3.63, 3.8) is 0 Å². The lowest BCUT2D eigenvalue weighted by molar-refractivity contribution is -0.127. The largest absolute Gasteiger partial charge is 0.354 e. The van der Waals surface area contributed by atoms with Crippen molar-refractivity contribution in [1.29, 1.82) is 0 Å². The summed E-state index contributed by atoms with van der Waals surface area (Å²) < 4.78 is 0. The van der Waals surface area contributed by atoms with Crippen molar-refractivity contribution in [2.24, 2.45) is 11.8 Å². The van der Waals surface area contributed by atoms with Gasteiger partial charge in [0.1, 0.15) is 0 Å². The molecule has 0 radical (unpaired) electrons. The molecule has 5 heteroatoms. The lowest BCUT2D eigenvalue weighted by Crippen LogP contribution is -2.48. The molecule has 0 aromatic heterocycles. The van der Waals surface area contributed by atoms with E-state index in [0.29, 0.717) is 12.5 Å². The number of carbonyl (C=O) groups excluding carboxylic acids is 2. The van der Waals surface area contributed by atoms with Gasteiger partial charge in [0.05, 0.1) is 12.1 Å². The lowest BCUT2D eigenvalue weighted by Gasteiger charge is -2.30. The van der Waals surface area contributed by atoms with E-state index >= 15 is 0 Å². The summed E-state index contributed by atoms with van der Waals surface area (Å²) in [4.78, 5) is 25.3. The third kappa shape index (κ3) is 5.53. The van der Waals surface area contributed by atoms with Crippen LogP contribution in [0.3, 0.4) is 0 Å². The van der Waals surface area contributed by atoms with Gasteiger partial charge in [-0.1, -0.05) is 54.6 Å². The summed E-state index contributed by atoms with van der Waals surface area (Å²) in [5, 5.41) is 9.67. The summed E-state index contributed by atoms with van der Waals surface area (Å²) in [6.07, 6.45) is 4.50. The molecule has 5 nitrogen and oxygen atoms in total. The average molecular weight is 420 g/mol. The van der Waals surface area contributed by atoms with Gasteiger partial charge in [0.2, 0.25) is 11.8 Å². The molecular formula is C26H33N3O2. The number of amides is 2. The van der Waals surface area contributed by atoms with Crippen LogP contribution in [-0.4, -0.2) is 24.4 Å². The molecule has 164 valence electrons. The fraction of sp³-hybridized carbons (Fsp3) is 0.462. The molecular weight excluding hydrogens is 386 g/mol. The second-order valence-electron chi connectivity index (χ2n) is 9.01. The number of hydrogen-bond donors (Lipinski definition) is 3. The fourth-order valence-corrected chi connectivity index (χ4v) is 4.79. The Kier molecular flexibility index (Phi) is 7.03. The Morgan fingerprint density at radius 1 is 0.935 bits per heavy atom. The number of nitrogens with one attached hydrogen (secondary N) is 3. The molecule has 4 rings (SSSR count). The zero-order valence-electron chi connectivity index (χ0n) is 18.3. The molecule has 2 aromatic carbocycles. The lowest BCUT2D eigenvalue weighted by atomic mass is 9.81. The molecule has 0 bridgehead atoms. The van der Waals surface area contributed by atoms with E-state index in [0.717, 1.165) is 44.2 Å². The van der Waals surface area contributed by atoms with Crippen LogP contribution in [0.1, 0.15) is 55.3 Å². The maximum atomic E-state index is 12.7. The Labute approximate surface area is 185 Å². The minimum absolute atomic E-state index is 0.0267. The topological polar surface area (TPSA) is 70.2 Å². The first-order valence-corrected chi connectivity index (χ1v) is 11.5. The average Bonchev–Trinajstić information content (AvgIpc) is 2.83. The SMILES string of the molecule is C[C@H](NC(=O)C1CCC(CNC(=O)[C@H]2Cc3ccccc3CN2)CC1)c1ccccc1. The molecule has 2 aromatic rings. The first-order chi connectivity index (χ1) is 15.1. The monoisotopic (exact) mass is 419 g/mol. The van der Waals surface area contributed by atoms with Crippen molar-refractivity contribution in [3.05, 3.63) is 71.3 Å². The van der Waals surface area contributed by atoms with Crippen LogP contribution in [0.25, 0.3) is 0 Å². The van der Waals surface area contributed by atoms with E-state index in [-0.39, 0.29) is 29.8 Å². The Bertz CT molecular complexity index is 891. The molecule has 0 saturated heterocycles. The van der Waals surface area contributed by atoms with Gasteiger partial charge in [-0.15, -0.1) is 0 Å². The Balaban J connectivity index is 1.18. The van der Waals surface area contributed by atoms with Crippen molar-refractivity contribution < 1.29 is 9.59 Å². The Hall–Kier alpha value is -2.66. The third-order valence-corrected chi connectivity index (χ3v) is 6.84. The van der Waals surface area contributed by atoms with Crippen molar-refractivity contribution in [2.45, 2.75) is 57.7 Å². The van der Waals surface area contributed by atoms with Gasteiger partial charge < -0.3 is 16.0 Å². The van der Waals surface area contributed by atoms with Gasteiger partial charge in [0.15, 0.2) is 0 Å². The predicted octanol–water partition coefficient (Wildman–Crippen LogP) is 3.50. The molecule has 1 aliphatic heterocycles. The number of fused-ring (bicyclic) bond motifs is 1. The molecule has 0 unspecified atom stereocenters. The van der Waals surface area contributed by atoms with Gasteiger partial charge in [-0.25, -0.2) is 0 Å². The molecule has 2 atom stereocenters. The summed E-state index contributed by atoms with van der Waals surface area (Å²) in [6.45, 7) is 3.48. The molecule has 1 heterocycles. The highest BCUT2D eigenvalue weighted by atomic mass is 16.2. The van der Waals surface area contributed by atoms with Crippen molar-refractivity contribution in [2.75, 3.05) is 6.54 Å². The number of benzene rings is 2. The molecule has 1 fully saturated rings. The maximum absolute atomic E-state index is 12.7. The van der Waals surface area contributed by atoms with E-state index in [4.69, 9.17) is 0 Å². The number of rotatable bonds is 6. The quantitative estimate of drug-likeness (QED) is 0.671. The van der Waals surface area contributed by atoms with E-state index < -0.39 is 0 Å². The Morgan fingerprint density at radius 3 is 2.35 bits per heavy atom. The summed E-state index contributed by atoms with van der Waals surface area (Å²) in [6, 6.07) is 18.3. The van der Waals surface area contributed by atoms with Crippen LogP contribution in [0.15, 0.2) is 54.6 Å². The first-order valence-electron chi connectivity index (χ1n) is 11.5. The van der Waals surface area contributed by atoms with Crippen molar-refractivity contribution >= 4 is 11.8 Å². The number of hydrogen-bond acceptors (Lipinski definition) is 3. The van der Waals surface area contributed by atoms with Gasteiger partial charge in [-0.3, -0.25) is 9.59 Å². The molecule has 1 aliphatic carbocycles. The van der Waals surface area contributed by atoms with Crippen LogP contribution in [0.5, 0.6) is 0 Å². The molecule has 1 saturated carbocycles. The minimum Gasteiger partial charge on any atom is -0.354 e. The van der Waals surface area contributed by atoms with E-state index in [1.165, 1.54) is 11.1 Å². The van der Waals surface area contributed by atoms with E-state index in [9.17, 15) is 9.59 Å². The normalized spacial score (nSPS) is 24.0. The van der Waals surface area contributed by atoms with Gasteiger partial charge in [-0.05, 0) is 61.6 Å². The van der Waals surface area contributed by atoms with E-state index in [2.05, 4.69) is 28.1 Å². The van der Waals surface area contributed by atoms with Crippen molar-refractivity contribution in [1.82, 2.24) is 16.0 Å². The van der Waals surface area contributed by atoms with E-state index in [1.807, 2.05) is 49.4 Å². The van der Waals surface area contributed by atoms with Crippen molar-refractivity contribution in [3.8, 4) is 0 Å². The molecule has 31 heavy (non-hydrogen) atoms. The zero-order valence-corrected chi connectivity index (χ0v) is 18.3. The summed E-state index contributed by atoms with van der Waals surface area (Å²) >= 11 is 0. The highest BCUT2D eigenvalue weighted by molar-refractivity contribution is 5.82. The minimum atomic E-state index is -0.156. The zero-order chi connectivity index (χ0) is 21.6. The van der Waals surface area contributed by atoms with Gasteiger partial charge >= 0.3 is 0 Å². The standard InChI is InChI=1S/C26H33N3O2/c1-18(20-7-3-2-4-8-20)29-25(30)21-13-11-19(12-14-21)16-28-26(31)24-15-22-9-5-6-10-23(22)17-27-24/h2-10,18-19,21,24,27H,11-17H2,1H3,(H,28,31)(H,29,30)/t18-,19?,21?,24+/m0/s1. The molecule has 0 spiro atoms. The smallest absolute Gasteiger partial charge is 0.237 e. The maximum Gasteiger partial charge on any atom is 0.237 e. The van der Waals surface area contributed by atoms with Gasteiger partial charge in [0.25, 0.3) is 0 Å². The van der Waals surface area contributed by atoms with Gasteiger partial charge in [0, 0.05) is 19.0 Å². The van der Waals surface area contributed by atoms with Crippen LogP contribution >= 0.6 is 0 Å². The van der Waals surface area contributed by atoms with Crippen LogP contribution in [0.4, 0.5) is 0 Å². The highest BCUT2D eigenvalue weighted by Crippen LogP contribution is 2.29. The second-order valence-corrected chi connectivity index (χ2v) is 9.01. The Morgan fingerprint density at radius 2 is 1.61 bits per heavy atom. The van der Waals surface area contributed by atoms with E-state index in [1.54, 1.807) is 0 Å². The second kappa shape index (κ2) is 10.1. The first kappa shape index (κ1) is 21.6. The summed E-state index contributed by atoms with van der Waals surface area (Å²) in [5.74, 6) is 0.778. The number of carbonyl (C=O) groups is 2. The van der Waals surface area contributed by atoms with Crippen LogP contribution < -0.4 is 16.0 Å². The van der Waals surface area contributed by atoms with Crippen LogP contribution in [0, 0.1) is 11.8 Å².